The van der Waals surface area contributed by atoms with Crippen LogP contribution in [0, 0.1) is 11.3 Å². The van der Waals surface area contributed by atoms with E-state index in [0.29, 0.717) is 32.8 Å². The number of nitrogens with one attached hydrogen (secondary N) is 3. The molecule has 5 rings (SSSR count). The van der Waals surface area contributed by atoms with E-state index in [2.05, 4.69) is 26.2 Å². The number of rotatable bonds is 7. The van der Waals surface area contributed by atoms with E-state index in [9.17, 15) is 9.59 Å². The maximum absolute atomic E-state index is 13.4. The number of pyridine rings is 1. The molecule has 12 heteroatoms. The molecule has 10 nitrogen and oxygen atoms in total. The molecular formula is C27H20Cl2N8O2. The number of carbonyl (C=O) groups excluding carboxylic acids is 1. The molecule has 0 saturated heterocycles. The van der Waals surface area contributed by atoms with Gasteiger partial charge in [-0.1, -0.05) is 53.5 Å². The molecule has 1 amide bonds. The molecule has 3 heterocycles. The average molecular weight is 559 g/mol. The lowest BCUT2D eigenvalue weighted by atomic mass is 10.0. The minimum atomic E-state index is -0.915. The molecule has 0 saturated carbocycles. The quantitative estimate of drug-likeness (QED) is 0.289. The van der Waals surface area contributed by atoms with E-state index in [1.165, 1.54) is 29.2 Å². The van der Waals surface area contributed by atoms with Gasteiger partial charge in [0.15, 0.2) is 0 Å². The minimum absolute atomic E-state index is 0.225. The van der Waals surface area contributed by atoms with Gasteiger partial charge in [0.1, 0.15) is 23.0 Å². The number of hydrogen-bond donors (Lipinski definition) is 3. The molecule has 3 N–H and O–H groups in total. The standard InChI is InChI=1S/C27H20Cl2N8O2/c28-18-6-9-23(37-15-25(29)34-35-37)21(11-18)22-12-26(38)36(16-32-22)24(10-17-4-2-1-3-5-17)27(39)33-20-8-7-19(13-30)31-14-20/h1-9,11-12,14-16,24,34-35H,10H2,(H,33,39)/t24-/m0/s1. The Hall–Kier alpha value is -4.69. The van der Waals surface area contributed by atoms with Gasteiger partial charge in [0.25, 0.3) is 5.56 Å². The van der Waals surface area contributed by atoms with Gasteiger partial charge in [0.05, 0.1) is 35.8 Å². The third kappa shape index (κ3) is 5.91. The molecule has 0 spiro atoms. The number of halogens is 2. The van der Waals surface area contributed by atoms with Crippen LogP contribution in [0.5, 0.6) is 0 Å². The molecule has 0 fully saturated rings. The Labute approximate surface area is 233 Å². The molecule has 1 aliphatic heterocycles. The van der Waals surface area contributed by atoms with Gasteiger partial charge in [-0.15, -0.1) is 5.53 Å². The normalized spacial score (nSPS) is 13.3. The first-order chi connectivity index (χ1) is 18.9. The van der Waals surface area contributed by atoms with Crippen molar-refractivity contribution in [2.24, 2.45) is 0 Å². The van der Waals surface area contributed by atoms with E-state index in [-0.39, 0.29) is 12.1 Å². The summed E-state index contributed by atoms with van der Waals surface area (Å²) in [5.74, 6) is -0.433. The van der Waals surface area contributed by atoms with E-state index in [1.54, 1.807) is 35.5 Å². The van der Waals surface area contributed by atoms with Gasteiger partial charge in [-0.2, -0.15) is 5.26 Å². The van der Waals surface area contributed by atoms with Crippen molar-refractivity contribution in [3.63, 3.8) is 0 Å². The topological polar surface area (TPSA) is 128 Å². The second kappa shape index (κ2) is 11.4. The summed E-state index contributed by atoms with van der Waals surface area (Å²) < 4.78 is 1.29. The number of nitriles is 1. The highest BCUT2D eigenvalue weighted by molar-refractivity contribution is 6.31. The van der Waals surface area contributed by atoms with E-state index >= 15 is 0 Å². The number of aromatic nitrogens is 3. The molecule has 2 aromatic heterocycles. The SMILES string of the molecule is N#Cc1ccc(NC(=O)[C@H](Cc2ccccc2)n2cnc(-c3cc(Cl)ccc3N3C=C(Cl)NN3)cc2=O)cn1. The van der Waals surface area contributed by atoms with Crippen molar-refractivity contribution in [2.75, 3.05) is 10.3 Å². The van der Waals surface area contributed by atoms with E-state index in [1.807, 2.05) is 36.4 Å². The first-order valence-electron chi connectivity index (χ1n) is 11.7. The summed E-state index contributed by atoms with van der Waals surface area (Å²) in [5.41, 5.74) is 8.33. The fourth-order valence-corrected chi connectivity index (χ4v) is 4.36. The van der Waals surface area contributed by atoms with Crippen LogP contribution in [-0.4, -0.2) is 20.4 Å². The predicted molar refractivity (Wildman–Crippen MR) is 148 cm³/mol. The van der Waals surface area contributed by atoms with E-state index in [4.69, 9.17) is 28.5 Å². The fourth-order valence-electron chi connectivity index (χ4n) is 4.05. The Balaban J connectivity index is 1.50. The van der Waals surface area contributed by atoms with Gasteiger partial charge in [0, 0.05) is 23.1 Å². The van der Waals surface area contributed by atoms with Gasteiger partial charge in [-0.3, -0.25) is 24.6 Å². The number of hydrazine groups is 2. The Kier molecular flexibility index (Phi) is 7.56. The molecule has 4 aromatic rings. The predicted octanol–water partition coefficient (Wildman–Crippen LogP) is 4.12. The maximum Gasteiger partial charge on any atom is 0.254 e. The zero-order chi connectivity index (χ0) is 27.4. The fraction of sp³-hybridized carbons (Fsp3) is 0.0741. The lowest BCUT2D eigenvalue weighted by Crippen LogP contribution is -2.36. The molecular weight excluding hydrogens is 539 g/mol. The highest BCUT2D eigenvalue weighted by atomic mass is 35.5. The highest BCUT2D eigenvalue weighted by Gasteiger charge is 2.24. The zero-order valence-corrected chi connectivity index (χ0v) is 21.7. The molecule has 0 bridgehead atoms. The monoisotopic (exact) mass is 558 g/mol. The number of hydrogen-bond acceptors (Lipinski definition) is 8. The summed E-state index contributed by atoms with van der Waals surface area (Å²) >= 11 is 12.3. The molecule has 0 aliphatic carbocycles. The lowest BCUT2D eigenvalue weighted by molar-refractivity contribution is -0.119. The van der Waals surface area contributed by atoms with Crippen LogP contribution in [0.3, 0.4) is 0 Å². The molecule has 1 atom stereocenters. The van der Waals surface area contributed by atoms with Crippen molar-refractivity contribution >= 4 is 40.5 Å². The van der Waals surface area contributed by atoms with Crippen molar-refractivity contribution in [1.29, 1.82) is 5.26 Å². The Morgan fingerprint density at radius 3 is 2.56 bits per heavy atom. The van der Waals surface area contributed by atoms with Crippen molar-refractivity contribution in [3.05, 3.63) is 117 Å². The summed E-state index contributed by atoms with van der Waals surface area (Å²) in [6.45, 7) is 0. The summed E-state index contributed by atoms with van der Waals surface area (Å²) in [6, 6.07) is 20.0. The molecule has 39 heavy (non-hydrogen) atoms. The van der Waals surface area contributed by atoms with Crippen molar-refractivity contribution in [3.8, 4) is 17.3 Å². The van der Waals surface area contributed by atoms with Crippen LogP contribution in [0.25, 0.3) is 11.3 Å². The van der Waals surface area contributed by atoms with Crippen LogP contribution < -0.4 is 26.8 Å². The summed E-state index contributed by atoms with van der Waals surface area (Å²) in [4.78, 5) is 35.4. The third-order valence-corrected chi connectivity index (χ3v) is 6.35. The number of benzene rings is 2. The molecule has 1 aliphatic rings. The van der Waals surface area contributed by atoms with Crippen LogP contribution in [0.2, 0.25) is 5.02 Å². The minimum Gasteiger partial charge on any atom is -0.323 e. The number of nitrogens with zero attached hydrogens (tertiary/aromatic N) is 5. The zero-order valence-electron chi connectivity index (χ0n) is 20.2. The van der Waals surface area contributed by atoms with Gasteiger partial charge in [-0.25, -0.2) is 9.97 Å². The van der Waals surface area contributed by atoms with Crippen molar-refractivity contribution < 1.29 is 4.79 Å². The van der Waals surface area contributed by atoms with E-state index in [0.717, 1.165) is 5.56 Å². The van der Waals surface area contributed by atoms with E-state index < -0.39 is 17.5 Å². The number of carbonyl (C=O) groups is 1. The number of amides is 1. The Morgan fingerprint density at radius 1 is 1.08 bits per heavy atom. The third-order valence-electron chi connectivity index (χ3n) is 5.92. The second-order valence-corrected chi connectivity index (χ2v) is 9.35. The van der Waals surface area contributed by atoms with Crippen molar-refractivity contribution in [2.45, 2.75) is 12.5 Å². The first kappa shape index (κ1) is 25.9. The second-order valence-electron chi connectivity index (χ2n) is 8.50. The molecule has 194 valence electrons. The van der Waals surface area contributed by atoms with Crippen LogP contribution in [0.1, 0.15) is 17.3 Å². The van der Waals surface area contributed by atoms with Gasteiger partial charge < -0.3 is 5.32 Å². The van der Waals surface area contributed by atoms with Crippen molar-refractivity contribution in [1.82, 2.24) is 25.5 Å². The number of anilines is 2. The maximum atomic E-state index is 13.4. The summed E-state index contributed by atoms with van der Waals surface area (Å²) in [7, 11) is 0. The van der Waals surface area contributed by atoms with Gasteiger partial charge in [0.2, 0.25) is 5.91 Å². The highest BCUT2D eigenvalue weighted by Crippen LogP contribution is 2.32. The first-order valence-corrected chi connectivity index (χ1v) is 12.4. The van der Waals surface area contributed by atoms with Crippen LogP contribution >= 0.6 is 23.2 Å². The summed E-state index contributed by atoms with van der Waals surface area (Å²) in [6.07, 6.45) is 4.62. The Morgan fingerprint density at radius 2 is 1.90 bits per heavy atom. The Bertz CT molecular complexity index is 1650. The van der Waals surface area contributed by atoms with Crippen LogP contribution in [0.15, 0.2) is 95.4 Å². The molecule has 2 aromatic carbocycles. The molecule has 0 unspecified atom stereocenters. The van der Waals surface area contributed by atoms with Crippen LogP contribution in [0.4, 0.5) is 11.4 Å². The average Bonchev–Trinajstić information content (AvgIpc) is 3.38. The summed E-state index contributed by atoms with van der Waals surface area (Å²) in [5, 5.41) is 14.2. The van der Waals surface area contributed by atoms with Crippen LogP contribution in [-0.2, 0) is 11.2 Å². The van der Waals surface area contributed by atoms with Gasteiger partial charge in [-0.05, 0) is 35.9 Å². The van der Waals surface area contributed by atoms with Gasteiger partial charge >= 0.3 is 0 Å². The molecule has 0 radical (unpaired) electrons. The largest absolute Gasteiger partial charge is 0.323 e. The lowest BCUT2D eigenvalue weighted by Gasteiger charge is -2.21. The smallest absolute Gasteiger partial charge is 0.254 e.